The molecule has 0 aliphatic heterocycles. The van der Waals surface area contributed by atoms with Crippen LogP contribution in [-0.4, -0.2) is 18.5 Å². The molecule has 1 aromatic carbocycles. The Balaban J connectivity index is 2.69. The van der Waals surface area contributed by atoms with Crippen LogP contribution in [-0.2, 0) is 6.54 Å². The number of nitrogen functional groups attached to an aromatic ring is 1. The molecule has 90 valence electrons. The maximum atomic E-state index is 5.96. The van der Waals surface area contributed by atoms with Crippen LogP contribution < -0.4 is 5.73 Å². The van der Waals surface area contributed by atoms with Crippen molar-refractivity contribution in [2.24, 2.45) is 5.41 Å². The minimum absolute atomic E-state index is 0.294. The van der Waals surface area contributed by atoms with E-state index in [9.17, 15) is 0 Å². The van der Waals surface area contributed by atoms with Gasteiger partial charge in [0.25, 0.3) is 0 Å². The summed E-state index contributed by atoms with van der Waals surface area (Å²) in [6, 6.07) is 5.63. The highest BCUT2D eigenvalue weighted by Crippen LogP contribution is 2.21. The predicted molar refractivity (Wildman–Crippen MR) is 71.7 cm³/mol. The molecule has 1 aromatic rings. The summed E-state index contributed by atoms with van der Waals surface area (Å²) in [5.74, 6) is 0. The van der Waals surface area contributed by atoms with Crippen LogP contribution >= 0.6 is 11.6 Å². The lowest BCUT2D eigenvalue weighted by Gasteiger charge is -2.26. The van der Waals surface area contributed by atoms with Crippen molar-refractivity contribution in [2.75, 3.05) is 19.3 Å². The summed E-state index contributed by atoms with van der Waals surface area (Å²) >= 11 is 5.96. The third kappa shape index (κ3) is 4.42. The molecule has 0 saturated heterocycles. The van der Waals surface area contributed by atoms with E-state index in [2.05, 4.69) is 32.7 Å². The zero-order valence-corrected chi connectivity index (χ0v) is 11.3. The number of nitrogens with two attached hydrogens (primary N) is 1. The lowest BCUT2D eigenvalue weighted by Crippen LogP contribution is -2.29. The maximum absolute atomic E-state index is 5.96. The first kappa shape index (κ1) is 13.3. The van der Waals surface area contributed by atoms with Crippen LogP contribution in [0.2, 0.25) is 5.02 Å². The minimum atomic E-state index is 0.294. The number of nitrogens with zero attached hydrogens (tertiary/aromatic N) is 1. The van der Waals surface area contributed by atoms with Crippen molar-refractivity contribution in [3.63, 3.8) is 0 Å². The Morgan fingerprint density at radius 2 is 1.94 bits per heavy atom. The molecule has 0 radical (unpaired) electrons. The van der Waals surface area contributed by atoms with Gasteiger partial charge in [0, 0.05) is 23.8 Å². The highest BCUT2D eigenvalue weighted by Gasteiger charge is 2.14. The Morgan fingerprint density at radius 1 is 1.31 bits per heavy atom. The summed E-state index contributed by atoms with van der Waals surface area (Å²) in [5.41, 5.74) is 8.12. The molecule has 0 bridgehead atoms. The predicted octanol–water partition coefficient (Wildman–Crippen LogP) is 3.40. The van der Waals surface area contributed by atoms with Crippen LogP contribution in [0, 0.1) is 5.41 Å². The van der Waals surface area contributed by atoms with E-state index in [0.717, 1.165) is 29.4 Å². The Hall–Kier alpha value is -0.730. The Morgan fingerprint density at radius 3 is 2.50 bits per heavy atom. The van der Waals surface area contributed by atoms with Gasteiger partial charge in [-0.2, -0.15) is 0 Å². The van der Waals surface area contributed by atoms with Crippen molar-refractivity contribution in [2.45, 2.75) is 27.3 Å². The van der Waals surface area contributed by atoms with E-state index in [1.165, 1.54) is 0 Å². The van der Waals surface area contributed by atoms with Crippen LogP contribution in [0.4, 0.5) is 5.69 Å². The summed E-state index contributed by atoms with van der Waals surface area (Å²) in [6.45, 7) is 8.54. The Labute approximate surface area is 103 Å². The molecule has 0 saturated carbocycles. The molecule has 0 amide bonds. The van der Waals surface area contributed by atoms with Crippen molar-refractivity contribution in [3.8, 4) is 0 Å². The molecule has 2 N–H and O–H groups in total. The molecule has 0 spiro atoms. The van der Waals surface area contributed by atoms with Gasteiger partial charge in [-0.25, -0.2) is 0 Å². The molecule has 0 aromatic heterocycles. The molecule has 0 fully saturated rings. The van der Waals surface area contributed by atoms with Gasteiger partial charge in [-0.3, -0.25) is 0 Å². The molecule has 0 heterocycles. The van der Waals surface area contributed by atoms with Gasteiger partial charge in [0.2, 0.25) is 0 Å². The second-order valence-electron chi connectivity index (χ2n) is 5.58. The van der Waals surface area contributed by atoms with Crippen molar-refractivity contribution in [3.05, 3.63) is 28.8 Å². The second-order valence-corrected chi connectivity index (χ2v) is 6.01. The van der Waals surface area contributed by atoms with Crippen molar-refractivity contribution >= 4 is 17.3 Å². The fourth-order valence-electron chi connectivity index (χ4n) is 1.87. The number of hydrogen-bond acceptors (Lipinski definition) is 2. The van der Waals surface area contributed by atoms with Crippen LogP contribution in [0.1, 0.15) is 26.3 Å². The monoisotopic (exact) mass is 240 g/mol. The highest BCUT2D eigenvalue weighted by atomic mass is 35.5. The van der Waals surface area contributed by atoms with Gasteiger partial charge >= 0.3 is 0 Å². The quantitative estimate of drug-likeness (QED) is 0.821. The number of rotatable bonds is 3. The molecule has 0 aliphatic carbocycles. The van der Waals surface area contributed by atoms with Crippen LogP contribution in [0.15, 0.2) is 18.2 Å². The third-order valence-corrected chi connectivity index (χ3v) is 2.52. The van der Waals surface area contributed by atoms with Crippen molar-refractivity contribution in [1.29, 1.82) is 0 Å². The van der Waals surface area contributed by atoms with Crippen LogP contribution in [0.25, 0.3) is 0 Å². The summed E-state index contributed by atoms with van der Waals surface area (Å²) in [5, 5.41) is 0.744. The topological polar surface area (TPSA) is 29.3 Å². The number of benzene rings is 1. The lowest BCUT2D eigenvalue weighted by molar-refractivity contribution is 0.221. The van der Waals surface area contributed by atoms with Gasteiger partial charge in [-0.15, -0.1) is 0 Å². The molecule has 0 unspecified atom stereocenters. The van der Waals surface area contributed by atoms with Gasteiger partial charge in [0.15, 0.2) is 0 Å². The normalized spacial score (nSPS) is 12.1. The van der Waals surface area contributed by atoms with Gasteiger partial charge < -0.3 is 10.6 Å². The standard InChI is InChI=1S/C13H21ClN2/c1-13(2,3)9-16(4)8-10-7-11(14)5-6-12(10)15/h5-7H,8-9,15H2,1-4H3. The number of hydrogen-bond donors (Lipinski definition) is 1. The van der Waals surface area contributed by atoms with E-state index >= 15 is 0 Å². The first-order chi connectivity index (χ1) is 7.28. The lowest BCUT2D eigenvalue weighted by atomic mass is 9.96. The Kier molecular flexibility index (Phi) is 4.22. The van der Waals surface area contributed by atoms with E-state index in [4.69, 9.17) is 17.3 Å². The molecular weight excluding hydrogens is 220 g/mol. The van der Waals surface area contributed by atoms with Gasteiger partial charge in [0.1, 0.15) is 0 Å². The van der Waals surface area contributed by atoms with Gasteiger partial charge in [-0.1, -0.05) is 32.4 Å². The molecule has 2 nitrogen and oxygen atoms in total. The zero-order chi connectivity index (χ0) is 12.3. The van der Waals surface area contributed by atoms with Crippen molar-refractivity contribution in [1.82, 2.24) is 4.90 Å². The average molecular weight is 241 g/mol. The largest absolute Gasteiger partial charge is 0.398 e. The molecule has 3 heteroatoms. The number of anilines is 1. The summed E-state index contributed by atoms with van der Waals surface area (Å²) in [7, 11) is 2.10. The highest BCUT2D eigenvalue weighted by molar-refractivity contribution is 6.30. The van der Waals surface area contributed by atoms with Gasteiger partial charge in [0.05, 0.1) is 0 Å². The molecule has 1 rings (SSSR count). The molecule has 0 aliphatic rings. The van der Waals surface area contributed by atoms with E-state index < -0.39 is 0 Å². The van der Waals surface area contributed by atoms with E-state index in [0.29, 0.717) is 5.41 Å². The maximum Gasteiger partial charge on any atom is 0.0410 e. The SMILES string of the molecule is CN(Cc1cc(Cl)ccc1N)CC(C)(C)C. The molecule has 16 heavy (non-hydrogen) atoms. The first-order valence-corrected chi connectivity index (χ1v) is 5.88. The average Bonchev–Trinajstić information content (AvgIpc) is 2.08. The summed E-state index contributed by atoms with van der Waals surface area (Å²) in [4.78, 5) is 2.27. The molecule has 0 atom stereocenters. The van der Waals surface area contributed by atoms with E-state index in [1.54, 1.807) is 0 Å². The smallest absolute Gasteiger partial charge is 0.0410 e. The fraction of sp³-hybridized carbons (Fsp3) is 0.538. The van der Waals surface area contributed by atoms with E-state index in [1.807, 2.05) is 18.2 Å². The minimum Gasteiger partial charge on any atom is -0.398 e. The van der Waals surface area contributed by atoms with Crippen LogP contribution in [0.3, 0.4) is 0 Å². The molecular formula is C13H21ClN2. The summed E-state index contributed by atoms with van der Waals surface area (Å²) in [6.07, 6.45) is 0. The number of halogens is 1. The third-order valence-electron chi connectivity index (χ3n) is 2.29. The fourth-order valence-corrected chi connectivity index (χ4v) is 2.06. The van der Waals surface area contributed by atoms with Crippen molar-refractivity contribution < 1.29 is 0 Å². The zero-order valence-electron chi connectivity index (χ0n) is 10.5. The summed E-state index contributed by atoms with van der Waals surface area (Å²) < 4.78 is 0. The second kappa shape index (κ2) is 5.07. The Bertz CT molecular complexity index is 355. The first-order valence-electron chi connectivity index (χ1n) is 5.50. The van der Waals surface area contributed by atoms with E-state index in [-0.39, 0.29) is 0 Å². The van der Waals surface area contributed by atoms with Crippen LogP contribution in [0.5, 0.6) is 0 Å². The van der Waals surface area contributed by atoms with Gasteiger partial charge in [-0.05, 0) is 36.2 Å².